The molecule has 0 bridgehead atoms. The van der Waals surface area contributed by atoms with E-state index in [1.54, 1.807) is 13.8 Å². The first-order valence-corrected chi connectivity index (χ1v) is 4.95. The van der Waals surface area contributed by atoms with Gasteiger partial charge in [-0.05, 0) is 12.8 Å². The predicted molar refractivity (Wildman–Crippen MR) is 56.2 cm³/mol. The molecule has 15 heavy (non-hydrogen) atoms. The summed E-state index contributed by atoms with van der Waals surface area (Å²) in [7, 11) is 1.27. The van der Waals surface area contributed by atoms with E-state index in [1.165, 1.54) is 13.2 Å². The second-order valence-electron chi connectivity index (χ2n) is 3.17. The number of methoxy groups -OCH3 is 1. The molecule has 86 valence electrons. The zero-order chi connectivity index (χ0) is 11.9. The smallest absolute Gasteiger partial charge is 0.323 e. The average Bonchev–Trinajstić information content (AvgIpc) is 2.28. The third kappa shape index (κ3) is 2.81. The second kappa shape index (κ2) is 6.22. The molecular weight excluding hydrogens is 196 g/mol. The number of hydrogen-bond donors (Lipinski definition) is 0. The normalized spacial score (nSPS) is 10.6. The molecule has 0 unspecified atom stereocenters. The van der Waals surface area contributed by atoms with Gasteiger partial charge in [0.2, 0.25) is 0 Å². The molecule has 0 saturated heterocycles. The van der Waals surface area contributed by atoms with Crippen molar-refractivity contribution < 1.29 is 19.1 Å². The van der Waals surface area contributed by atoms with Gasteiger partial charge in [0, 0.05) is 0 Å². The van der Waals surface area contributed by atoms with Crippen molar-refractivity contribution in [2.75, 3.05) is 13.7 Å². The molecule has 0 saturated carbocycles. The molecule has 0 aliphatic rings. The molecule has 0 aliphatic carbocycles. The first-order chi connectivity index (χ1) is 7.08. The highest BCUT2D eigenvalue weighted by Crippen LogP contribution is 2.29. The molecule has 0 aromatic rings. The molecule has 0 rings (SSSR count). The Labute approximate surface area is 90.2 Å². The summed E-state index contributed by atoms with van der Waals surface area (Å²) in [6.07, 6.45) is 2.20. The van der Waals surface area contributed by atoms with Crippen LogP contribution in [0.2, 0.25) is 0 Å². The summed E-state index contributed by atoms with van der Waals surface area (Å²) in [5, 5.41) is 0. The Kier molecular flexibility index (Phi) is 5.67. The quantitative estimate of drug-likeness (QED) is 0.383. The van der Waals surface area contributed by atoms with Gasteiger partial charge in [-0.1, -0.05) is 26.5 Å². The molecule has 0 amide bonds. The summed E-state index contributed by atoms with van der Waals surface area (Å²) in [5.41, 5.74) is -1.17. The summed E-state index contributed by atoms with van der Waals surface area (Å²) in [5.74, 6) is -1.08. The standard InChI is InChI=1S/C11H18O4/c1-5-8-15-10(13)11(6-2,7-3)9(12)14-4/h5H,1,6-8H2,2-4H3. The van der Waals surface area contributed by atoms with Crippen molar-refractivity contribution in [1.82, 2.24) is 0 Å². The van der Waals surface area contributed by atoms with Crippen molar-refractivity contribution in [3.63, 3.8) is 0 Å². The third-order valence-corrected chi connectivity index (χ3v) is 2.51. The Hall–Kier alpha value is -1.32. The first-order valence-electron chi connectivity index (χ1n) is 4.95. The maximum atomic E-state index is 11.7. The van der Waals surface area contributed by atoms with Gasteiger partial charge in [-0.2, -0.15) is 0 Å². The fourth-order valence-corrected chi connectivity index (χ4v) is 1.38. The largest absolute Gasteiger partial charge is 0.468 e. The van der Waals surface area contributed by atoms with E-state index in [1.807, 2.05) is 0 Å². The summed E-state index contributed by atoms with van der Waals surface area (Å²) in [4.78, 5) is 23.3. The minimum absolute atomic E-state index is 0.109. The lowest BCUT2D eigenvalue weighted by atomic mass is 9.82. The molecule has 0 atom stereocenters. The highest BCUT2D eigenvalue weighted by Gasteiger charge is 2.45. The lowest BCUT2D eigenvalue weighted by molar-refractivity contribution is -0.170. The number of carbonyl (C=O) groups excluding carboxylic acids is 2. The van der Waals surface area contributed by atoms with Gasteiger partial charge in [0.15, 0.2) is 5.41 Å². The van der Waals surface area contributed by atoms with E-state index < -0.39 is 17.4 Å². The van der Waals surface area contributed by atoms with Crippen molar-refractivity contribution in [1.29, 1.82) is 0 Å². The van der Waals surface area contributed by atoms with Crippen molar-refractivity contribution in [2.24, 2.45) is 5.41 Å². The van der Waals surface area contributed by atoms with Gasteiger partial charge in [-0.15, -0.1) is 0 Å². The molecule has 0 heterocycles. The van der Waals surface area contributed by atoms with Gasteiger partial charge in [0.1, 0.15) is 6.61 Å². The van der Waals surface area contributed by atoms with E-state index in [4.69, 9.17) is 4.74 Å². The molecule has 0 fully saturated rings. The lowest BCUT2D eigenvalue weighted by Crippen LogP contribution is -2.40. The SMILES string of the molecule is C=CCOC(=O)C(CC)(CC)C(=O)OC. The van der Waals surface area contributed by atoms with Crippen molar-refractivity contribution in [3.05, 3.63) is 12.7 Å². The van der Waals surface area contributed by atoms with E-state index in [0.717, 1.165) is 0 Å². The van der Waals surface area contributed by atoms with Crippen molar-refractivity contribution in [3.8, 4) is 0 Å². The Morgan fingerprint density at radius 2 is 1.80 bits per heavy atom. The average molecular weight is 214 g/mol. The van der Waals surface area contributed by atoms with Crippen LogP contribution in [0.25, 0.3) is 0 Å². The van der Waals surface area contributed by atoms with Crippen LogP contribution in [0.3, 0.4) is 0 Å². The number of esters is 2. The Morgan fingerprint density at radius 1 is 1.27 bits per heavy atom. The fraction of sp³-hybridized carbons (Fsp3) is 0.636. The monoisotopic (exact) mass is 214 g/mol. The number of carbonyl (C=O) groups is 2. The first kappa shape index (κ1) is 13.7. The molecule has 0 radical (unpaired) electrons. The Morgan fingerprint density at radius 3 is 2.13 bits per heavy atom. The van der Waals surface area contributed by atoms with Gasteiger partial charge >= 0.3 is 11.9 Å². The van der Waals surface area contributed by atoms with E-state index in [2.05, 4.69) is 11.3 Å². The van der Waals surface area contributed by atoms with Crippen LogP contribution in [0, 0.1) is 5.41 Å². The van der Waals surface area contributed by atoms with Gasteiger partial charge < -0.3 is 9.47 Å². The van der Waals surface area contributed by atoms with Gasteiger partial charge in [-0.25, -0.2) is 0 Å². The van der Waals surface area contributed by atoms with Crippen LogP contribution in [0.5, 0.6) is 0 Å². The van der Waals surface area contributed by atoms with Crippen LogP contribution in [-0.2, 0) is 19.1 Å². The van der Waals surface area contributed by atoms with E-state index in [0.29, 0.717) is 12.8 Å². The van der Waals surface area contributed by atoms with E-state index >= 15 is 0 Å². The van der Waals surface area contributed by atoms with E-state index in [9.17, 15) is 9.59 Å². The van der Waals surface area contributed by atoms with Crippen molar-refractivity contribution >= 4 is 11.9 Å². The molecule has 0 N–H and O–H groups in total. The van der Waals surface area contributed by atoms with Gasteiger partial charge in [-0.3, -0.25) is 9.59 Å². The Balaban J connectivity index is 4.83. The highest BCUT2D eigenvalue weighted by atomic mass is 16.6. The number of hydrogen-bond acceptors (Lipinski definition) is 4. The number of ether oxygens (including phenoxy) is 2. The fourth-order valence-electron chi connectivity index (χ4n) is 1.38. The molecule has 0 aromatic carbocycles. The minimum Gasteiger partial charge on any atom is -0.468 e. The lowest BCUT2D eigenvalue weighted by Gasteiger charge is -2.25. The zero-order valence-electron chi connectivity index (χ0n) is 9.54. The molecule has 0 aromatic heterocycles. The Bertz CT molecular complexity index is 241. The molecule has 0 spiro atoms. The van der Waals surface area contributed by atoms with Crippen LogP contribution < -0.4 is 0 Å². The van der Waals surface area contributed by atoms with E-state index in [-0.39, 0.29) is 6.61 Å². The van der Waals surface area contributed by atoms with Gasteiger partial charge in [0.25, 0.3) is 0 Å². The van der Waals surface area contributed by atoms with Crippen LogP contribution in [-0.4, -0.2) is 25.7 Å². The molecular formula is C11H18O4. The minimum atomic E-state index is -1.17. The predicted octanol–water partition coefficient (Wildman–Crippen LogP) is 1.70. The highest BCUT2D eigenvalue weighted by molar-refractivity contribution is 5.99. The summed E-state index contributed by atoms with van der Waals surface area (Å²) >= 11 is 0. The number of rotatable bonds is 6. The summed E-state index contributed by atoms with van der Waals surface area (Å²) < 4.78 is 9.54. The zero-order valence-corrected chi connectivity index (χ0v) is 9.54. The topological polar surface area (TPSA) is 52.6 Å². The van der Waals surface area contributed by atoms with Crippen LogP contribution in [0.4, 0.5) is 0 Å². The summed E-state index contributed by atoms with van der Waals surface area (Å²) in [6, 6.07) is 0. The van der Waals surface area contributed by atoms with Crippen LogP contribution >= 0.6 is 0 Å². The molecule has 4 nitrogen and oxygen atoms in total. The van der Waals surface area contributed by atoms with Crippen LogP contribution in [0.15, 0.2) is 12.7 Å². The maximum Gasteiger partial charge on any atom is 0.323 e. The summed E-state index contributed by atoms with van der Waals surface area (Å²) in [6.45, 7) is 7.07. The van der Waals surface area contributed by atoms with Crippen molar-refractivity contribution in [2.45, 2.75) is 26.7 Å². The van der Waals surface area contributed by atoms with Gasteiger partial charge in [0.05, 0.1) is 7.11 Å². The van der Waals surface area contributed by atoms with Crippen LogP contribution in [0.1, 0.15) is 26.7 Å². The second-order valence-corrected chi connectivity index (χ2v) is 3.17. The third-order valence-electron chi connectivity index (χ3n) is 2.51. The molecule has 4 heteroatoms. The molecule has 0 aliphatic heterocycles. The maximum absolute atomic E-state index is 11.7.